The molecule has 0 saturated carbocycles. The number of amides is 2. The highest BCUT2D eigenvalue weighted by Crippen LogP contribution is 2.30. The third-order valence-corrected chi connectivity index (χ3v) is 5.96. The highest BCUT2D eigenvalue weighted by Gasteiger charge is 2.27. The molecule has 0 saturated heterocycles. The Morgan fingerprint density at radius 2 is 1.58 bits per heavy atom. The zero-order valence-corrected chi connectivity index (χ0v) is 15.5. The van der Waals surface area contributed by atoms with Gasteiger partial charge in [-0.3, -0.25) is 19.6 Å². The summed E-state index contributed by atoms with van der Waals surface area (Å²) in [5.74, 6) is -1.10. The van der Waals surface area contributed by atoms with Crippen LogP contribution < -0.4 is 10.0 Å². The maximum Gasteiger partial charge on any atom is 0.261 e. The van der Waals surface area contributed by atoms with Crippen LogP contribution in [0.3, 0.4) is 0 Å². The zero-order chi connectivity index (χ0) is 18.5. The number of imide groups is 1. The minimum Gasteiger partial charge on any atom is -0.288 e. The number of nitrogens with one attached hydrogen (secondary N) is 2. The fourth-order valence-corrected chi connectivity index (χ4v) is 4.28. The van der Waals surface area contributed by atoms with Crippen molar-refractivity contribution in [1.82, 2.24) is 5.32 Å². The molecule has 0 unspecified atom stereocenters. The van der Waals surface area contributed by atoms with Gasteiger partial charge >= 0.3 is 0 Å². The highest BCUT2D eigenvalue weighted by molar-refractivity contribution is 9.10. The minimum absolute atomic E-state index is 0.0513. The van der Waals surface area contributed by atoms with Gasteiger partial charge in [-0.25, -0.2) is 8.42 Å². The lowest BCUT2D eigenvalue weighted by Crippen LogP contribution is -2.34. The van der Waals surface area contributed by atoms with E-state index in [1.54, 1.807) is 42.5 Å². The number of hydrogen-bond donors (Lipinski definition) is 2. The minimum atomic E-state index is -3.91. The van der Waals surface area contributed by atoms with E-state index in [0.29, 0.717) is 22.0 Å². The molecule has 26 heavy (non-hydrogen) atoms. The standard InChI is InChI=1S/C18H11BrN2O4S/c19-11-4-6-12(7-5-11)21-26(24,25)13-8-10-2-1-3-14-16(10)15(9-13)18(23)20-17(14)22/h1-9,21H,(H,20,22,23). The fourth-order valence-electron chi connectivity index (χ4n) is 2.89. The SMILES string of the molecule is O=C1NC(=O)c2cc(S(=O)(=O)Nc3ccc(Br)cc3)cc3cccc1c23. The van der Waals surface area contributed by atoms with Crippen LogP contribution in [0.25, 0.3) is 10.8 Å². The first kappa shape index (κ1) is 16.7. The van der Waals surface area contributed by atoms with Crippen LogP contribution in [0.5, 0.6) is 0 Å². The molecular formula is C18H11BrN2O4S. The Bertz CT molecular complexity index is 1190. The van der Waals surface area contributed by atoms with Crippen molar-refractivity contribution < 1.29 is 18.0 Å². The largest absolute Gasteiger partial charge is 0.288 e. The van der Waals surface area contributed by atoms with Crippen molar-refractivity contribution in [3.8, 4) is 0 Å². The van der Waals surface area contributed by atoms with Crippen molar-refractivity contribution in [2.24, 2.45) is 0 Å². The fraction of sp³-hybridized carbons (Fsp3) is 0. The normalized spacial score (nSPS) is 13.6. The van der Waals surface area contributed by atoms with E-state index in [9.17, 15) is 18.0 Å². The van der Waals surface area contributed by atoms with Crippen LogP contribution in [0.2, 0.25) is 0 Å². The topological polar surface area (TPSA) is 92.3 Å². The van der Waals surface area contributed by atoms with Crippen molar-refractivity contribution in [1.29, 1.82) is 0 Å². The molecule has 1 heterocycles. The average Bonchev–Trinajstić information content (AvgIpc) is 2.61. The number of anilines is 1. The summed E-state index contributed by atoms with van der Waals surface area (Å²) in [6, 6.07) is 14.3. The van der Waals surface area contributed by atoms with E-state index in [-0.39, 0.29) is 10.5 Å². The molecule has 1 aliphatic heterocycles. The summed E-state index contributed by atoms with van der Waals surface area (Å²) in [5.41, 5.74) is 0.908. The van der Waals surface area contributed by atoms with Crippen LogP contribution >= 0.6 is 15.9 Å². The van der Waals surface area contributed by atoms with E-state index >= 15 is 0 Å². The summed E-state index contributed by atoms with van der Waals surface area (Å²) in [6.07, 6.45) is 0. The molecule has 0 aromatic heterocycles. The molecule has 0 fully saturated rings. The second kappa shape index (κ2) is 5.93. The Kier molecular flexibility index (Phi) is 3.82. The van der Waals surface area contributed by atoms with E-state index in [0.717, 1.165) is 4.47 Å². The maximum atomic E-state index is 12.8. The lowest BCUT2D eigenvalue weighted by molar-refractivity contribution is 0.0845. The molecule has 1 aliphatic rings. The molecule has 0 spiro atoms. The van der Waals surface area contributed by atoms with E-state index in [4.69, 9.17) is 0 Å². The van der Waals surface area contributed by atoms with Gasteiger partial charge < -0.3 is 0 Å². The van der Waals surface area contributed by atoms with E-state index in [2.05, 4.69) is 26.0 Å². The van der Waals surface area contributed by atoms with Crippen LogP contribution in [0.15, 0.2) is 64.0 Å². The summed E-state index contributed by atoms with van der Waals surface area (Å²) < 4.78 is 28.8. The van der Waals surface area contributed by atoms with Gasteiger partial charge in [-0.05, 0) is 47.9 Å². The van der Waals surface area contributed by atoms with E-state index in [1.807, 2.05) is 0 Å². The van der Waals surface area contributed by atoms with Gasteiger partial charge in [0.25, 0.3) is 21.8 Å². The monoisotopic (exact) mass is 430 g/mol. The van der Waals surface area contributed by atoms with Crippen molar-refractivity contribution in [3.05, 3.63) is 70.2 Å². The third-order valence-electron chi connectivity index (χ3n) is 4.07. The first-order chi connectivity index (χ1) is 12.3. The van der Waals surface area contributed by atoms with Gasteiger partial charge in [0, 0.05) is 26.7 Å². The van der Waals surface area contributed by atoms with E-state index in [1.165, 1.54) is 12.1 Å². The van der Waals surface area contributed by atoms with Gasteiger partial charge in [-0.15, -0.1) is 0 Å². The van der Waals surface area contributed by atoms with Gasteiger partial charge in [0.15, 0.2) is 0 Å². The number of carbonyl (C=O) groups is 2. The summed E-state index contributed by atoms with van der Waals surface area (Å²) in [6.45, 7) is 0. The van der Waals surface area contributed by atoms with E-state index < -0.39 is 21.8 Å². The second-order valence-corrected chi connectivity index (χ2v) is 8.37. The van der Waals surface area contributed by atoms with Crippen molar-refractivity contribution in [2.45, 2.75) is 4.90 Å². The quantitative estimate of drug-likeness (QED) is 0.623. The first-order valence-corrected chi connectivity index (χ1v) is 9.84. The Morgan fingerprint density at radius 3 is 2.31 bits per heavy atom. The zero-order valence-electron chi connectivity index (χ0n) is 13.1. The van der Waals surface area contributed by atoms with Crippen LogP contribution in [0.4, 0.5) is 5.69 Å². The van der Waals surface area contributed by atoms with Crippen LogP contribution in [0, 0.1) is 0 Å². The Labute approximate surface area is 157 Å². The molecule has 4 rings (SSSR count). The molecular weight excluding hydrogens is 420 g/mol. The molecule has 0 radical (unpaired) electrons. The predicted octanol–water partition coefficient (Wildman–Crippen LogP) is 3.29. The van der Waals surface area contributed by atoms with Crippen molar-refractivity contribution >= 4 is 54.2 Å². The van der Waals surface area contributed by atoms with Gasteiger partial charge in [0.05, 0.1) is 4.90 Å². The third kappa shape index (κ3) is 2.77. The Morgan fingerprint density at radius 1 is 0.885 bits per heavy atom. The lowest BCUT2D eigenvalue weighted by Gasteiger charge is -2.18. The molecule has 0 aliphatic carbocycles. The van der Waals surface area contributed by atoms with Crippen LogP contribution in [-0.4, -0.2) is 20.2 Å². The average molecular weight is 431 g/mol. The Hall–Kier alpha value is -2.71. The van der Waals surface area contributed by atoms with Crippen molar-refractivity contribution in [2.75, 3.05) is 4.72 Å². The summed E-state index contributed by atoms with van der Waals surface area (Å²) >= 11 is 3.29. The molecule has 0 bridgehead atoms. The summed E-state index contributed by atoms with van der Waals surface area (Å²) in [5, 5.41) is 3.21. The lowest BCUT2D eigenvalue weighted by atomic mass is 9.95. The van der Waals surface area contributed by atoms with Gasteiger partial charge in [-0.1, -0.05) is 28.1 Å². The molecule has 8 heteroatoms. The molecule has 3 aromatic carbocycles. The van der Waals surface area contributed by atoms with Crippen LogP contribution in [0.1, 0.15) is 20.7 Å². The number of hydrogen-bond acceptors (Lipinski definition) is 4. The second-order valence-electron chi connectivity index (χ2n) is 5.77. The first-order valence-electron chi connectivity index (χ1n) is 7.56. The number of sulfonamides is 1. The van der Waals surface area contributed by atoms with Gasteiger partial charge in [-0.2, -0.15) is 0 Å². The maximum absolute atomic E-state index is 12.8. The highest BCUT2D eigenvalue weighted by atomic mass is 79.9. The molecule has 6 nitrogen and oxygen atoms in total. The molecule has 130 valence electrons. The molecule has 0 atom stereocenters. The summed E-state index contributed by atoms with van der Waals surface area (Å²) in [4.78, 5) is 24.1. The number of benzene rings is 3. The van der Waals surface area contributed by atoms with Crippen molar-refractivity contribution in [3.63, 3.8) is 0 Å². The van der Waals surface area contributed by atoms with Gasteiger partial charge in [0.2, 0.25) is 0 Å². The summed E-state index contributed by atoms with van der Waals surface area (Å²) in [7, 11) is -3.91. The predicted molar refractivity (Wildman–Crippen MR) is 101 cm³/mol. The van der Waals surface area contributed by atoms with Gasteiger partial charge in [0.1, 0.15) is 0 Å². The van der Waals surface area contributed by atoms with Crippen LogP contribution in [-0.2, 0) is 10.0 Å². The molecule has 2 N–H and O–H groups in total. The molecule has 2 amide bonds. The smallest absolute Gasteiger partial charge is 0.261 e. The number of halogens is 1. The Balaban J connectivity index is 1.86. The number of rotatable bonds is 3. The molecule has 3 aromatic rings. The number of carbonyl (C=O) groups excluding carboxylic acids is 2.